The number of hydrogen-bond donors (Lipinski definition) is 2. The van der Waals surface area contributed by atoms with Gasteiger partial charge in [0.15, 0.2) is 0 Å². The van der Waals surface area contributed by atoms with Gasteiger partial charge in [-0.2, -0.15) is 0 Å². The average Bonchev–Trinajstić information content (AvgIpc) is 2.08. The number of methoxy groups -OCH3 is 1. The van der Waals surface area contributed by atoms with Crippen molar-refractivity contribution in [1.29, 1.82) is 0 Å². The maximum absolute atomic E-state index is 11.6. The van der Waals surface area contributed by atoms with Crippen LogP contribution in [0, 0.1) is 5.92 Å². The van der Waals surface area contributed by atoms with Crippen molar-refractivity contribution in [1.82, 2.24) is 5.32 Å². The molecule has 0 aromatic rings. The fourth-order valence-corrected chi connectivity index (χ4v) is 1.80. The van der Waals surface area contributed by atoms with Gasteiger partial charge in [-0.15, -0.1) is 0 Å². The van der Waals surface area contributed by atoms with Crippen LogP contribution in [-0.2, 0) is 9.53 Å². The number of amides is 1. The minimum atomic E-state index is -0.369. The molecule has 0 bridgehead atoms. The molecule has 0 aromatic heterocycles. The molecule has 1 amide bonds. The Labute approximate surface area is 91.5 Å². The molecule has 0 aliphatic heterocycles. The van der Waals surface area contributed by atoms with Crippen LogP contribution in [0.4, 0.5) is 0 Å². The van der Waals surface area contributed by atoms with Crippen LogP contribution in [0.15, 0.2) is 0 Å². The first-order valence-electron chi connectivity index (χ1n) is 5.61. The van der Waals surface area contributed by atoms with E-state index >= 15 is 0 Å². The van der Waals surface area contributed by atoms with Crippen molar-refractivity contribution in [3.63, 3.8) is 0 Å². The van der Waals surface area contributed by atoms with Crippen LogP contribution in [0.2, 0.25) is 0 Å². The number of nitrogens with one attached hydrogen (secondary N) is 1. The second-order valence-corrected chi connectivity index (χ2v) is 4.77. The molecule has 88 valence electrons. The maximum Gasteiger partial charge on any atom is 0.237 e. The first-order valence-corrected chi connectivity index (χ1v) is 5.61. The molecule has 3 N–H and O–H groups in total. The highest BCUT2D eigenvalue weighted by Crippen LogP contribution is 2.22. The second kappa shape index (κ2) is 5.47. The van der Waals surface area contributed by atoms with Crippen LogP contribution < -0.4 is 11.1 Å². The summed E-state index contributed by atoms with van der Waals surface area (Å²) in [5, 5.41) is 2.94. The third-order valence-electron chi connectivity index (χ3n) is 2.84. The fraction of sp³-hybridized carbons (Fsp3) is 0.909. The summed E-state index contributed by atoms with van der Waals surface area (Å²) >= 11 is 0. The summed E-state index contributed by atoms with van der Waals surface area (Å²) < 4.78 is 5.14. The highest BCUT2D eigenvalue weighted by atomic mass is 16.5. The molecular weight excluding hydrogens is 192 g/mol. The normalized spacial score (nSPS) is 27.3. The molecule has 1 aliphatic rings. The standard InChI is InChI=1S/C11H22N2O2/c1-7(2)4-10(12)11(14)13-8-5-9(6-8)15-3/h7-10H,4-6,12H2,1-3H3,(H,13,14)/t8?,9?,10-/m0/s1. The van der Waals surface area contributed by atoms with Crippen LogP contribution >= 0.6 is 0 Å². The van der Waals surface area contributed by atoms with E-state index in [0.717, 1.165) is 19.3 Å². The summed E-state index contributed by atoms with van der Waals surface area (Å²) in [5.74, 6) is 0.433. The third kappa shape index (κ3) is 3.80. The molecule has 1 aliphatic carbocycles. The van der Waals surface area contributed by atoms with E-state index in [1.165, 1.54) is 0 Å². The minimum absolute atomic E-state index is 0.0248. The van der Waals surface area contributed by atoms with Crippen molar-refractivity contribution < 1.29 is 9.53 Å². The van der Waals surface area contributed by atoms with Crippen LogP contribution in [-0.4, -0.2) is 31.2 Å². The summed E-state index contributed by atoms with van der Waals surface area (Å²) in [7, 11) is 1.70. The van der Waals surface area contributed by atoms with Crippen LogP contribution in [0.25, 0.3) is 0 Å². The summed E-state index contributed by atoms with van der Waals surface area (Å²) in [6.45, 7) is 4.13. The molecule has 0 aromatic carbocycles. The number of carbonyl (C=O) groups is 1. The Bertz CT molecular complexity index is 213. The summed E-state index contributed by atoms with van der Waals surface area (Å²) in [4.78, 5) is 11.6. The number of nitrogens with two attached hydrogens (primary N) is 1. The van der Waals surface area contributed by atoms with E-state index < -0.39 is 0 Å². The van der Waals surface area contributed by atoms with Gasteiger partial charge >= 0.3 is 0 Å². The highest BCUT2D eigenvalue weighted by Gasteiger charge is 2.31. The van der Waals surface area contributed by atoms with Crippen LogP contribution in [0.5, 0.6) is 0 Å². The third-order valence-corrected chi connectivity index (χ3v) is 2.84. The fourth-order valence-electron chi connectivity index (χ4n) is 1.80. The van der Waals surface area contributed by atoms with Gasteiger partial charge in [0.25, 0.3) is 0 Å². The zero-order chi connectivity index (χ0) is 11.4. The maximum atomic E-state index is 11.6. The Hall–Kier alpha value is -0.610. The Morgan fingerprint density at radius 1 is 1.53 bits per heavy atom. The van der Waals surface area contributed by atoms with Gasteiger partial charge in [0.05, 0.1) is 12.1 Å². The monoisotopic (exact) mass is 214 g/mol. The van der Waals surface area contributed by atoms with Gasteiger partial charge < -0.3 is 15.8 Å². The molecule has 1 rings (SSSR count). The molecule has 4 nitrogen and oxygen atoms in total. The number of rotatable bonds is 5. The molecule has 0 radical (unpaired) electrons. The quantitative estimate of drug-likeness (QED) is 0.706. The van der Waals surface area contributed by atoms with Crippen molar-refractivity contribution in [3.05, 3.63) is 0 Å². The molecular formula is C11H22N2O2. The van der Waals surface area contributed by atoms with E-state index in [0.29, 0.717) is 12.0 Å². The Balaban J connectivity index is 2.19. The van der Waals surface area contributed by atoms with Gasteiger partial charge in [-0.25, -0.2) is 0 Å². The predicted molar refractivity (Wildman–Crippen MR) is 59.4 cm³/mol. The number of carbonyl (C=O) groups excluding carboxylic acids is 1. The summed E-state index contributed by atoms with van der Waals surface area (Å²) in [6.07, 6.45) is 2.89. The highest BCUT2D eigenvalue weighted by molar-refractivity contribution is 5.81. The topological polar surface area (TPSA) is 64.3 Å². The van der Waals surface area contributed by atoms with Crippen molar-refractivity contribution in [2.24, 2.45) is 11.7 Å². The number of hydrogen-bond acceptors (Lipinski definition) is 3. The van der Waals surface area contributed by atoms with Crippen molar-refractivity contribution >= 4 is 5.91 Å². The smallest absolute Gasteiger partial charge is 0.237 e. The largest absolute Gasteiger partial charge is 0.381 e. The lowest BCUT2D eigenvalue weighted by molar-refractivity contribution is -0.125. The van der Waals surface area contributed by atoms with E-state index in [1.807, 2.05) is 0 Å². The van der Waals surface area contributed by atoms with Crippen LogP contribution in [0.1, 0.15) is 33.1 Å². The predicted octanol–water partition coefficient (Wildman–Crippen LogP) is 0.653. The average molecular weight is 214 g/mol. The van der Waals surface area contributed by atoms with Crippen molar-refractivity contribution in [2.75, 3.05) is 7.11 Å². The first kappa shape index (κ1) is 12.5. The molecule has 1 fully saturated rings. The van der Waals surface area contributed by atoms with Gasteiger partial charge in [0, 0.05) is 13.2 Å². The van der Waals surface area contributed by atoms with Crippen LogP contribution in [0.3, 0.4) is 0 Å². The first-order chi connectivity index (χ1) is 7.02. The van der Waals surface area contributed by atoms with Gasteiger partial charge in [-0.05, 0) is 25.2 Å². The molecule has 0 heterocycles. The lowest BCUT2D eigenvalue weighted by atomic mass is 9.89. The van der Waals surface area contributed by atoms with Crippen molar-refractivity contribution in [2.45, 2.75) is 51.3 Å². The van der Waals surface area contributed by atoms with Gasteiger partial charge in [-0.1, -0.05) is 13.8 Å². The Morgan fingerprint density at radius 3 is 2.60 bits per heavy atom. The molecule has 1 atom stereocenters. The second-order valence-electron chi connectivity index (χ2n) is 4.77. The lowest BCUT2D eigenvalue weighted by Gasteiger charge is -2.35. The number of ether oxygens (including phenoxy) is 1. The lowest BCUT2D eigenvalue weighted by Crippen LogP contribution is -2.52. The van der Waals surface area contributed by atoms with Gasteiger partial charge in [0.2, 0.25) is 5.91 Å². The van der Waals surface area contributed by atoms with E-state index in [1.54, 1.807) is 7.11 Å². The molecule has 4 heteroatoms. The SMILES string of the molecule is COC1CC(NC(=O)[C@@H](N)CC(C)C)C1. The van der Waals surface area contributed by atoms with E-state index in [9.17, 15) is 4.79 Å². The Morgan fingerprint density at radius 2 is 2.13 bits per heavy atom. The van der Waals surface area contributed by atoms with Gasteiger partial charge in [-0.3, -0.25) is 4.79 Å². The zero-order valence-electron chi connectivity index (χ0n) is 9.82. The minimum Gasteiger partial charge on any atom is -0.381 e. The molecule has 15 heavy (non-hydrogen) atoms. The van der Waals surface area contributed by atoms with Gasteiger partial charge in [0.1, 0.15) is 0 Å². The summed E-state index contributed by atoms with van der Waals surface area (Å²) in [6, 6.07) is -0.104. The Kier molecular flexibility index (Phi) is 4.54. The molecule has 0 spiro atoms. The van der Waals surface area contributed by atoms with Crippen molar-refractivity contribution in [3.8, 4) is 0 Å². The molecule has 0 unspecified atom stereocenters. The van der Waals surface area contributed by atoms with E-state index in [-0.39, 0.29) is 18.0 Å². The van der Waals surface area contributed by atoms with E-state index in [4.69, 9.17) is 10.5 Å². The summed E-state index contributed by atoms with van der Waals surface area (Å²) in [5.41, 5.74) is 5.77. The molecule has 0 saturated heterocycles. The van der Waals surface area contributed by atoms with E-state index in [2.05, 4.69) is 19.2 Å². The molecule has 1 saturated carbocycles. The zero-order valence-corrected chi connectivity index (χ0v) is 9.82.